The third-order valence-corrected chi connectivity index (χ3v) is 6.50. The predicted octanol–water partition coefficient (Wildman–Crippen LogP) is 2.50. The van der Waals surface area contributed by atoms with Crippen LogP contribution in [0.5, 0.6) is 0 Å². The molecule has 2 aliphatic rings. The van der Waals surface area contributed by atoms with Gasteiger partial charge in [-0.1, -0.05) is 26.0 Å². The van der Waals surface area contributed by atoms with Gasteiger partial charge in [-0.2, -0.15) is 0 Å². The number of thiophene rings is 1. The fraction of sp³-hybridized carbons (Fsp3) is 0.364. The number of nitrogens with zero attached hydrogens (tertiary/aromatic N) is 2. The zero-order valence-electron chi connectivity index (χ0n) is 16.8. The second-order valence-electron chi connectivity index (χ2n) is 7.76. The summed E-state index contributed by atoms with van der Waals surface area (Å²) < 4.78 is 5.28. The summed E-state index contributed by atoms with van der Waals surface area (Å²) >= 11 is 1.68. The number of carbonyl (C=O) groups is 4. The first kappa shape index (κ1) is 20.3. The predicted molar refractivity (Wildman–Crippen MR) is 110 cm³/mol. The van der Waals surface area contributed by atoms with Crippen molar-refractivity contribution in [2.75, 3.05) is 13.2 Å². The number of carbonyl (C=O) groups excluding carboxylic acids is 4. The van der Waals surface area contributed by atoms with Crippen LogP contribution in [0.3, 0.4) is 0 Å². The number of ether oxygens (including phenoxy) is 1. The van der Waals surface area contributed by atoms with E-state index in [1.165, 1.54) is 4.88 Å². The molecule has 2 aromatic rings. The van der Waals surface area contributed by atoms with E-state index in [1.54, 1.807) is 54.3 Å². The Morgan fingerprint density at radius 2 is 1.77 bits per heavy atom. The quantitative estimate of drug-likeness (QED) is 0.542. The smallest absolute Gasteiger partial charge is 0.330 e. The highest BCUT2D eigenvalue weighted by Crippen LogP contribution is 2.28. The van der Waals surface area contributed by atoms with Crippen molar-refractivity contribution in [2.24, 2.45) is 5.92 Å². The summed E-state index contributed by atoms with van der Waals surface area (Å²) in [6.07, 6.45) is 0.788. The van der Waals surface area contributed by atoms with Crippen LogP contribution in [0.1, 0.15) is 45.0 Å². The van der Waals surface area contributed by atoms with E-state index < -0.39 is 30.4 Å². The van der Waals surface area contributed by atoms with Gasteiger partial charge in [-0.05, 0) is 41.5 Å². The minimum absolute atomic E-state index is 0.275. The molecule has 0 N–H and O–H groups in total. The molecule has 0 fully saturated rings. The Bertz CT molecular complexity index is 993. The highest BCUT2D eigenvalue weighted by molar-refractivity contribution is 7.10. The summed E-state index contributed by atoms with van der Waals surface area (Å²) in [4.78, 5) is 54.8. The van der Waals surface area contributed by atoms with Crippen LogP contribution in [0.25, 0.3) is 0 Å². The van der Waals surface area contributed by atoms with E-state index in [-0.39, 0.29) is 23.0 Å². The summed E-state index contributed by atoms with van der Waals surface area (Å²) in [7, 11) is 0. The first-order valence-electron chi connectivity index (χ1n) is 9.85. The van der Waals surface area contributed by atoms with Gasteiger partial charge in [0.25, 0.3) is 17.7 Å². The average Bonchev–Trinajstić information content (AvgIpc) is 3.30. The zero-order chi connectivity index (χ0) is 21.4. The minimum atomic E-state index is -1.09. The summed E-state index contributed by atoms with van der Waals surface area (Å²) in [5, 5.41) is 2.01. The molecule has 0 saturated carbocycles. The van der Waals surface area contributed by atoms with Crippen molar-refractivity contribution in [1.29, 1.82) is 0 Å². The topological polar surface area (TPSA) is 84.0 Å². The number of esters is 1. The third kappa shape index (κ3) is 3.52. The van der Waals surface area contributed by atoms with Crippen molar-refractivity contribution in [3.05, 3.63) is 57.3 Å². The summed E-state index contributed by atoms with van der Waals surface area (Å²) in [5.41, 5.74) is 1.67. The van der Waals surface area contributed by atoms with Crippen LogP contribution >= 0.6 is 11.3 Å². The molecule has 3 heterocycles. The Kier molecular flexibility index (Phi) is 5.42. The van der Waals surface area contributed by atoms with Gasteiger partial charge >= 0.3 is 5.97 Å². The molecule has 0 aliphatic carbocycles. The molecule has 3 amide bonds. The second kappa shape index (κ2) is 8.02. The molecule has 7 nitrogen and oxygen atoms in total. The summed E-state index contributed by atoms with van der Waals surface area (Å²) in [5.74, 6) is -2.43. The van der Waals surface area contributed by atoms with Crippen LogP contribution in [0, 0.1) is 5.92 Å². The number of amides is 3. The number of hydrogen-bond acceptors (Lipinski definition) is 6. The molecule has 0 spiro atoms. The second-order valence-corrected chi connectivity index (χ2v) is 8.76. The van der Waals surface area contributed by atoms with Crippen molar-refractivity contribution in [3.8, 4) is 0 Å². The first-order chi connectivity index (χ1) is 14.4. The van der Waals surface area contributed by atoms with Crippen molar-refractivity contribution < 1.29 is 23.9 Å². The zero-order valence-corrected chi connectivity index (χ0v) is 17.6. The number of fused-ring (bicyclic) bond motifs is 2. The average molecular weight is 426 g/mol. The fourth-order valence-corrected chi connectivity index (χ4v) is 4.80. The normalized spacial score (nSPS) is 16.5. The van der Waals surface area contributed by atoms with Crippen LogP contribution < -0.4 is 0 Å². The Hall–Kier alpha value is -3.00. The standard InChI is InChI=1S/C22H22N2O5S/c1-13(2)19(24-20(26)15-5-3-4-6-16(15)21(24)27)22(28)29-12-18(25)23-9-7-17-14(11-23)8-10-30-17/h3-6,8,10,13,19H,7,9,11-12H2,1-2H3/t19-/m0/s1. The third-order valence-electron chi connectivity index (χ3n) is 5.47. The highest BCUT2D eigenvalue weighted by atomic mass is 32.1. The lowest BCUT2D eigenvalue weighted by atomic mass is 10.0. The molecule has 8 heteroatoms. The van der Waals surface area contributed by atoms with Gasteiger partial charge in [-0.15, -0.1) is 11.3 Å². The maximum Gasteiger partial charge on any atom is 0.330 e. The lowest BCUT2D eigenvalue weighted by Crippen LogP contribution is -2.49. The van der Waals surface area contributed by atoms with Gasteiger partial charge in [0.15, 0.2) is 6.61 Å². The summed E-state index contributed by atoms with van der Waals surface area (Å²) in [6.45, 7) is 4.14. The van der Waals surface area contributed by atoms with E-state index in [2.05, 4.69) is 0 Å². The van der Waals surface area contributed by atoms with Gasteiger partial charge in [0.05, 0.1) is 11.1 Å². The van der Waals surface area contributed by atoms with Crippen LogP contribution in [-0.4, -0.2) is 52.7 Å². The molecule has 4 rings (SSSR count). The highest BCUT2D eigenvalue weighted by Gasteiger charge is 2.44. The maximum atomic E-state index is 12.8. The van der Waals surface area contributed by atoms with Crippen LogP contribution in [0.15, 0.2) is 35.7 Å². The largest absolute Gasteiger partial charge is 0.454 e. The van der Waals surface area contributed by atoms with Crippen molar-refractivity contribution >= 4 is 35.0 Å². The van der Waals surface area contributed by atoms with Gasteiger partial charge < -0.3 is 9.64 Å². The van der Waals surface area contributed by atoms with E-state index in [4.69, 9.17) is 4.74 Å². The van der Waals surface area contributed by atoms with Crippen molar-refractivity contribution in [1.82, 2.24) is 9.80 Å². The van der Waals surface area contributed by atoms with E-state index in [9.17, 15) is 19.2 Å². The minimum Gasteiger partial charge on any atom is -0.454 e. The molecule has 2 aliphatic heterocycles. The van der Waals surface area contributed by atoms with E-state index in [1.807, 2.05) is 11.4 Å². The number of rotatable bonds is 5. The van der Waals surface area contributed by atoms with Gasteiger partial charge in [0, 0.05) is 18.0 Å². The maximum absolute atomic E-state index is 12.8. The molecule has 1 aromatic heterocycles. The SMILES string of the molecule is CC(C)[C@@H](C(=O)OCC(=O)N1CCc2sccc2C1)N1C(=O)c2ccccc2C1=O. The van der Waals surface area contributed by atoms with E-state index >= 15 is 0 Å². The Labute approximate surface area is 178 Å². The first-order valence-corrected chi connectivity index (χ1v) is 10.7. The van der Waals surface area contributed by atoms with Gasteiger partial charge in [0.1, 0.15) is 6.04 Å². The van der Waals surface area contributed by atoms with Gasteiger partial charge in [-0.25, -0.2) is 4.79 Å². The van der Waals surface area contributed by atoms with Gasteiger partial charge in [0.2, 0.25) is 0 Å². The van der Waals surface area contributed by atoms with Crippen molar-refractivity contribution in [2.45, 2.75) is 32.9 Å². The Morgan fingerprint density at radius 3 is 2.40 bits per heavy atom. The number of benzene rings is 1. The fourth-order valence-electron chi connectivity index (χ4n) is 3.91. The molecule has 1 atom stereocenters. The van der Waals surface area contributed by atoms with Gasteiger partial charge in [-0.3, -0.25) is 19.3 Å². The monoisotopic (exact) mass is 426 g/mol. The summed E-state index contributed by atoms with van der Waals surface area (Å²) in [6, 6.07) is 7.39. The lowest BCUT2D eigenvalue weighted by Gasteiger charge is -2.29. The van der Waals surface area contributed by atoms with Crippen LogP contribution in [-0.2, 0) is 27.3 Å². The Balaban J connectivity index is 1.43. The number of hydrogen-bond donors (Lipinski definition) is 0. The molecule has 30 heavy (non-hydrogen) atoms. The molecule has 156 valence electrons. The van der Waals surface area contributed by atoms with E-state index in [0.29, 0.717) is 13.1 Å². The van der Waals surface area contributed by atoms with Crippen molar-refractivity contribution in [3.63, 3.8) is 0 Å². The van der Waals surface area contributed by atoms with Crippen LogP contribution in [0.2, 0.25) is 0 Å². The molecule has 0 bridgehead atoms. The Morgan fingerprint density at radius 1 is 1.10 bits per heavy atom. The molecular formula is C22H22N2O5S. The molecule has 0 saturated heterocycles. The molecular weight excluding hydrogens is 404 g/mol. The molecule has 1 aromatic carbocycles. The molecule has 0 radical (unpaired) electrons. The number of imide groups is 1. The molecule has 0 unspecified atom stereocenters. The van der Waals surface area contributed by atoms with Crippen LogP contribution in [0.4, 0.5) is 0 Å². The van der Waals surface area contributed by atoms with E-state index in [0.717, 1.165) is 16.9 Å². The lowest BCUT2D eigenvalue weighted by molar-refractivity contribution is -0.156.